The topological polar surface area (TPSA) is 102 Å². The van der Waals surface area contributed by atoms with Crippen molar-refractivity contribution in [3.63, 3.8) is 0 Å². The predicted molar refractivity (Wildman–Crippen MR) is 74.9 cm³/mol. The summed E-state index contributed by atoms with van der Waals surface area (Å²) >= 11 is 0. The number of carbonyl (C=O) groups excluding carboxylic acids is 6. The number of carbonyl (C=O) groups is 6. The second-order valence-corrected chi connectivity index (χ2v) is 10.3. The molecule has 1 rings (SSSR count). The van der Waals surface area contributed by atoms with Crippen molar-refractivity contribution in [1.29, 1.82) is 0 Å². The Morgan fingerprint density at radius 2 is 1.05 bits per heavy atom. The molecule has 0 radical (unpaired) electrons. The van der Waals surface area contributed by atoms with Crippen LogP contribution in [-0.2, 0) is 39.3 Å². The summed E-state index contributed by atoms with van der Waals surface area (Å²) in [5.74, 6) is 2.53. The molecule has 0 aliphatic carbocycles. The third kappa shape index (κ3) is 2.91. The van der Waals surface area contributed by atoms with Crippen LogP contribution in [0.5, 0.6) is 0 Å². The Kier molecular flexibility index (Phi) is 5.38. The van der Waals surface area contributed by atoms with Crippen LogP contribution in [-0.4, -0.2) is 31.3 Å². The predicted octanol–water partition coefficient (Wildman–Crippen LogP) is 0.0208. The van der Waals surface area contributed by atoms with Gasteiger partial charge >= 0.3 is 70.6 Å². The van der Waals surface area contributed by atoms with Gasteiger partial charge in [0.15, 0.2) is 0 Å². The average Bonchev–Trinajstić information content (AvgIpc) is 2.61. The molecule has 0 amide bonds. The van der Waals surface area contributed by atoms with E-state index < -0.39 is 41.9 Å². The first-order chi connectivity index (χ1) is 9.91. The fourth-order valence-electron chi connectivity index (χ4n) is 0.812. The Balaban J connectivity index is 0.000000423. The van der Waals surface area contributed by atoms with Gasteiger partial charge in [-0.05, 0) is 12.1 Å². The van der Waals surface area contributed by atoms with E-state index in [9.17, 15) is 28.8 Å². The van der Waals surface area contributed by atoms with E-state index in [2.05, 4.69) is 5.92 Å². The molecule has 0 saturated heterocycles. The van der Waals surface area contributed by atoms with Crippen molar-refractivity contribution in [3.8, 4) is 12.3 Å². The van der Waals surface area contributed by atoms with Crippen molar-refractivity contribution in [2.75, 3.05) is 0 Å². The summed E-state index contributed by atoms with van der Waals surface area (Å²) in [5, 5.41) is -2.69. The number of benzene rings is 1. The number of rotatable bonds is 6. The Labute approximate surface area is 119 Å². The van der Waals surface area contributed by atoms with Crippen molar-refractivity contribution in [2.24, 2.45) is 0 Å². The monoisotopic (exact) mass is 335 g/mol. The van der Waals surface area contributed by atoms with Gasteiger partial charge in [-0.15, -0.1) is 6.42 Å². The minimum absolute atomic E-state index is 0.448. The van der Waals surface area contributed by atoms with E-state index in [1.165, 1.54) is 0 Å². The van der Waals surface area contributed by atoms with E-state index in [0.717, 1.165) is 5.56 Å². The standard InChI is InChI=1S/C8H6.6CHO.Co/c1-2-8-6-4-3-5-7-8;6*1-2;/h1,3-7H;6*1H;. The van der Waals surface area contributed by atoms with Gasteiger partial charge in [-0.3, -0.25) is 0 Å². The molecule has 0 N–H and O–H groups in total. The van der Waals surface area contributed by atoms with Crippen LogP contribution in [0, 0.1) is 12.3 Å². The van der Waals surface area contributed by atoms with Gasteiger partial charge in [-0.25, -0.2) is 0 Å². The fraction of sp³-hybridized carbons (Fsp3) is 0. The molecular formula is C14H12CoO6. The van der Waals surface area contributed by atoms with Gasteiger partial charge in [0.2, 0.25) is 0 Å². The fourth-order valence-corrected chi connectivity index (χ4v) is 1.68. The second kappa shape index (κ2) is 6.17. The molecule has 0 spiro atoms. The second-order valence-electron chi connectivity index (χ2n) is 3.65. The quantitative estimate of drug-likeness (QED) is 0.536. The maximum absolute atomic E-state index is 10.5. The number of terminal acetylenes is 1. The van der Waals surface area contributed by atoms with Crippen LogP contribution < -0.4 is 0 Å². The summed E-state index contributed by atoms with van der Waals surface area (Å²) in [7, 11) is -5.95. The van der Waals surface area contributed by atoms with Crippen molar-refractivity contribution in [1.82, 2.24) is 0 Å². The summed E-state index contributed by atoms with van der Waals surface area (Å²) in [6.07, 6.45) is 5.10. The molecule has 6 nitrogen and oxygen atoms in total. The van der Waals surface area contributed by atoms with E-state index in [0.29, 0.717) is 0 Å². The van der Waals surface area contributed by atoms with Crippen LogP contribution in [0.2, 0.25) is 0 Å². The zero-order valence-electron chi connectivity index (χ0n) is 10.7. The molecule has 1 aromatic rings. The van der Waals surface area contributed by atoms with E-state index in [-0.39, 0.29) is 0 Å². The zero-order valence-corrected chi connectivity index (χ0v) is 11.8. The summed E-state index contributed by atoms with van der Waals surface area (Å²) in [4.78, 5) is 63.2. The van der Waals surface area contributed by atoms with Crippen LogP contribution in [0.15, 0.2) is 30.3 Å². The normalized spacial score (nSPS) is 12.7. The molecule has 0 unspecified atom stereocenters. The molecule has 0 aliphatic heterocycles. The minimum atomic E-state index is -5.95. The van der Waals surface area contributed by atoms with Gasteiger partial charge in [0.25, 0.3) is 0 Å². The third-order valence-corrected chi connectivity index (χ3v) is 6.55. The van der Waals surface area contributed by atoms with Crippen LogP contribution in [0.4, 0.5) is 0 Å². The van der Waals surface area contributed by atoms with Gasteiger partial charge < -0.3 is 0 Å². The molecule has 0 bridgehead atoms. The molecule has 0 aromatic heterocycles. The Hall–Kier alpha value is -2.69. The van der Waals surface area contributed by atoms with Crippen LogP contribution in [0.3, 0.4) is 0 Å². The molecule has 0 fully saturated rings. The van der Waals surface area contributed by atoms with Crippen molar-refractivity contribution < 1.29 is 39.3 Å². The maximum atomic E-state index is 10.5. The molecule has 0 atom stereocenters. The van der Waals surface area contributed by atoms with Gasteiger partial charge in [0.05, 0.1) is 0 Å². The molecular weight excluding hydrogens is 323 g/mol. The van der Waals surface area contributed by atoms with Crippen molar-refractivity contribution in [3.05, 3.63) is 35.9 Å². The first-order valence-electron chi connectivity index (χ1n) is 5.02. The Morgan fingerprint density at radius 1 is 0.714 bits per heavy atom. The molecule has 1 aromatic carbocycles. The molecule has 21 heavy (non-hydrogen) atoms. The van der Waals surface area contributed by atoms with Crippen LogP contribution in [0.1, 0.15) is 5.56 Å². The molecule has 0 heterocycles. The van der Waals surface area contributed by atoms with Gasteiger partial charge in [0.1, 0.15) is 0 Å². The molecule has 7 heteroatoms. The third-order valence-electron chi connectivity index (χ3n) is 2.30. The summed E-state index contributed by atoms with van der Waals surface area (Å²) in [6, 6.07) is 9.60. The van der Waals surface area contributed by atoms with Gasteiger partial charge in [0, 0.05) is 5.56 Å². The summed E-state index contributed by atoms with van der Waals surface area (Å²) < 4.78 is 0. The van der Waals surface area contributed by atoms with E-state index in [1.54, 1.807) is 0 Å². The van der Waals surface area contributed by atoms with Crippen molar-refractivity contribution in [2.45, 2.75) is 0 Å². The zero-order chi connectivity index (χ0) is 16.5. The summed E-state index contributed by atoms with van der Waals surface area (Å²) in [5.41, 5.74) is 0.938. The number of hydrogen-bond donors (Lipinski definition) is 0. The average molecular weight is 335 g/mol. The van der Waals surface area contributed by atoms with Gasteiger partial charge in [-0.2, -0.15) is 0 Å². The Morgan fingerprint density at radius 3 is 1.19 bits per heavy atom. The first-order valence-corrected chi connectivity index (χ1v) is 8.62. The van der Waals surface area contributed by atoms with E-state index in [1.807, 2.05) is 30.3 Å². The van der Waals surface area contributed by atoms with Gasteiger partial charge in [-0.1, -0.05) is 24.1 Å². The molecule has 0 saturated carbocycles. The molecule has 0 aliphatic rings. The summed E-state index contributed by atoms with van der Waals surface area (Å²) in [6.45, 7) is 0. The SMILES string of the molecule is C#Cc1ccccc1.O=[CH][Co]([CH]=O)([CH]=O)([CH]=O)([CH]=O)[CH]=O. The van der Waals surface area contributed by atoms with E-state index >= 15 is 0 Å². The Bertz CT molecular complexity index is 544. The van der Waals surface area contributed by atoms with Crippen molar-refractivity contribution >= 4 is 31.3 Å². The first kappa shape index (κ1) is 18.3. The number of hydrogen-bond acceptors (Lipinski definition) is 6. The van der Waals surface area contributed by atoms with Crippen LogP contribution >= 0.6 is 0 Å². The molecule has 113 valence electrons. The van der Waals surface area contributed by atoms with Crippen LogP contribution in [0.25, 0.3) is 0 Å². The van der Waals surface area contributed by atoms with E-state index in [4.69, 9.17) is 6.42 Å².